The minimum absolute atomic E-state index is 0.235. The Morgan fingerprint density at radius 2 is 2.33 bits per heavy atom. The summed E-state index contributed by atoms with van der Waals surface area (Å²) in [5, 5.41) is 19.7. The van der Waals surface area contributed by atoms with Gasteiger partial charge < -0.3 is 10.0 Å². The molecule has 1 aromatic rings. The lowest BCUT2D eigenvalue weighted by atomic mass is 9.99. The first-order valence-electron chi connectivity index (χ1n) is 5.68. The van der Waals surface area contributed by atoms with Crippen LogP contribution in [0.25, 0.3) is 0 Å². The highest BCUT2D eigenvalue weighted by molar-refractivity contribution is 7.12. The van der Waals surface area contributed by atoms with Gasteiger partial charge in [0.1, 0.15) is 6.04 Å². The summed E-state index contributed by atoms with van der Waals surface area (Å²) in [7, 11) is 0. The maximum atomic E-state index is 11.8. The van der Waals surface area contributed by atoms with Crippen molar-refractivity contribution in [1.29, 1.82) is 0 Å². The van der Waals surface area contributed by atoms with Crippen molar-refractivity contribution in [3.8, 4) is 0 Å². The molecule has 2 unspecified atom stereocenters. The molecule has 1 saturated heterocycles. The predicted molar refractivity (Wildman–Crippen MR) is 62.5 cm³/mol. The Labute approximate surface area is 107 Å². The Bertz CT molecular complexity index is 541. The summed E-state index contributed by atoms with van der Waals surface area (Å²) in [6, 6.07) is -0.126. The van der Waals surface area contributed by atoms with Crippen LogP contribution < -0.4 is 0 Å². The Morgan fingerprint density at radius 1 is 1.61 bits per heavy atom. The molecule has 0 spiro atoms. The van der Waals surface area contributed by atoms with Crippen LogP contribution in [0.3, 0.4) is 0 Å². The maximum Gasteiger partial charge on any atom is 0.345 e. The average Bonchev–Trinajstić information content (AvgIpc) is 2.86. The van der Waals surface area contributed by atoms with E-state index in [4.69, 9.17) is 0 Å². The van der Waals surface area contributed by atoms with Gasteiger partial charge in [0.2, 0.25) is 0 Å². The third-order valence-electron chi connectivity index (χ3n) is 3.45. The normalized spacial score (nSPS) is 25.6. The highest BCUT2D eigenvalue weighted by atomic mass is 32.1. The number of nitrogens with zero attached hydrogens (tertiary/aromatic N) is 2. The van der Waals surface area contributed by atoms with E-state index in [2.05, 4.69) is 0 Å². The number of amides is 2. The molecule has 0 aliphatic carbocycles. The number of hydroxylamine groups is 2. The van der Waals surface area contributed by atoms with Crippen LogP contribution in [0.1, 0.15) is 34.3 Å². The van der Waals surface area contributed by atoms with E-state index >= 15 is 0 Å². The van der Waals surface area contributed by atoms with Gasteiger partial charge in [0.15, 0.2) is 6.04 Å². The number of hydrogen-bond acceptors (Lipinski definition) is 4. The van der Waals surface area contributed by atoms with Crippen molar-refractivity contribution in [3.63, 3.8) is 0 Å². The van der Waals surface area contributed by atoms with Crippen molar-refractivity contribution < 1.29 is 19.9 Å². The van der Waals surface area contributed by atoms with E-state index in [0.29, 0.717) is 9.94 Å². The van der Waals surface area contributed by atoms with Crippen molar-refractivity contribution >= 4 is 23.3 Å². The molecule has 6 nitrogen and oxygen atoms in total. The molecule has 1 aromatic heterocycles. The fourth-order valence-corrected chi connectivity index (χ4v) is 3.83. The predicted octanol–water partition coefficient (Wildman–Crippen LogP) is 1.62. The lowest BCUT2D eigenvalue weighted by Crippen LogP contribution is -2.37. The topological polar surface area (TPSA) is 81.1 Å². The number of carboxylic acids is 1. The van der Waals surface area contributed by atoms with Gasteiger partial charge in [0.05, 0.1) is 6.54 Å². The van der Waals surface area contributed by atoms with Crippen molar-refractivity contribution in [2.75, 3.05) is 6.54 Å². The summed E-state index contributed by atoms with van der Waals surface area (Å²) < 4.78 is 0. The first-order chi connectivity index (χ1) is 8.54. The van der Waals surface area contributed by atoms with Gasteiger partial charge in [0.25, 0.3) is 0 Å². The van der Waals surface area contributed by atoms with Gasteiger partial charge in [-0.25, -0.2) is 9.59 Å². The van der Waals surface area contributed by atoms with Crippen molar-refractivity contribution in [1.82, 2.24) is 9.96 Å². The summed E-state index contributed by atoms with van der Waals surface area (Å²) in [4.78, 5) is 26.1. The summed E-state index contributed by atoms with van der Waals surface area (Å²) in [6.07, 6.45) is 0.816. The molecule has 1 fully saturated rings. The number of aryl methyl sites for hydroxylation is 1. The van der Waals surface area contributed by atoms with Crippen LogP contribution in [0.4, 0.5) is 4.79 Å². The van der Waals surface area contributed by atoms with Crippen LogP contribution in [-0.2, 0) is 11.2 Å². The fourth-order valence-electron chi connectivity index (χ4n) is 2.56. The molecule has 96 valence electrons. The average molecular weight is 268 g/mol. The Morgan fingerprint density at radius 3 is 2.94 bits per heavy atom. The number of aliphatic carboxylic acids is 1. The second-order valence-corrected chi connectivity index (χ2v) is 5.59. The molecule has 0 radical (unpaired) electrons. The van der Waals surface area contributed by atoms with Gasteiger partial charge in [-0.3, -0.25) is 5.21 Å². The lowest BCUT2D eigenvalue weighted by Gasteiger charge is -2.27. The number of urea groups is 1. The number of carbonyl (C=O) groups is 2. The number of thiophene rings is 1. The van der Waals surface area contributed by atoms with E-state index < -0.39 is 24.1 Å². The maximum absolute atomic E-state index is 11.8. The zero-order valence-corrected chi connectivity index (χ0v) is 10.5. The van der Waals surface area contributed by atoms with Crippen LogP contribution >= 0.6 is 11.3 Å². The molecule has 3 heterocycles. The van der Waals surface area contributed by atoms with Crippen molar-refractivity contribution in [2.24, 2.45) is 0 Å². The van der Waals surface area contributed by atoms with Crippen LogP contribution in [0, 0.1) is 0 Å². The van der Waals surface area contributed by atoms with Gasteiger partial charge in [0, 0.05) is 9.75 Å². The van der Waals surface area contributed by atoms with Gasteiger partial charge in [-0.2, -0.15) is 5.06 Å². The molecular weight excluding hydrogens is 256 g/mol. The van der Waals surface area contributed by atoms with Gasteiger partial charge in [-0.1, -0.05) is 6.92 Å². The quantitative estimate of drug-likeness (QED) is 0.799. The molecule has 2 N–H and O–H groups in total. The molecule has 2 amide bonds. The fraction of sp³-hybridized carbons (Fsp3) is 0.455. The zero-order valence-electron chi connectivity index (χ0n) is 9.66. The van der Waals surface area contributed by atoms with Gasteiger partial charge in [-0.15, -0.1) is 11.3 Å². The zero-order chi connectivity index (χ0) is 13.0. The Balaban J connectivity index is 2.16. The molecule has 2 bridgehead atoms. The van der Waals surface area contributed by atoms with E-state index in [-0.39, 0.29) is 6.54 Å². The summed E-state index contributed by atoms with van der Waals surface area (Å²) in [5.74, 6) is -1.05. The third-order valence-corrected chi connectivity index (χ3v) is 4.80. The summed E-state index contributed by atoms with van der Waals surface area (Å²) in [5.41, 5.74) is 0.772. The van der Waals surface area contributed by atoms with Crippen LogP contribution in [0.2, 0.25) is 0 Å². The number of carbonyl (C=O) groups excluding carboxylic acids is 1. The molecule has 3 rings (SSSR count). The first-order valence-corrected chi connectivity index (χ1v) is 6.50. The van der Waals surface area contributed by atoms with E-state index in [1.807, 2.05) is 13.0 Å². The first kappa shape index (κ1) is 11.5. The Hall–Kier alpha value is -1.60. The largest absolute Gasteiger partial charge is 0.479 e. The molecule has 0 aromatic carbocycles. The monoisotopic (exact) mass is 268 g/mol. The SMILES string of the molecule is CCc1cc2c(s1)C(C(=O)O)N1CC2N(O)C1=O. The number of rotatable bonds is 2. The highest BCUT2D eigenvalue weighted by Crippen LogP contribution is 2.46. The smallest absolute Gasteiger partial charge is 0.345 e. The van der Waals surface area contributed by atoms with Crippen LogP contribution in [0.5, 0.6) is 0 Å². The van der Waals surface area contributed by atoms with E-state index in [1.165, 1.54) is 16.2 Å². The lowest BCUT2D eigenvalue weighted by molar-refractivity contribution is -0.142. The standard InChI is InChI=1S/C11H12N2O4S/c1-2-5-3-6-7-4-12(11(16)13(7)17)8(10(14)15)9(6)18-5/h3,7-8,17H,2,4H2,1H3,(H,14,15). The summed E-state index contributed by atoms with van der Waals surface area (Å²) in [6.45, 7) is 2.23. The molecule has 18 heavy (non-hydrogen) atoms. The van der Waals surface area contributed by atoms with Crippen LogP contribution in [-0.4, -0.2) is 38.8 Å². The van der Waals surface area contributed by atoms with Crippen LogP contribution in [0.15, 0.2) is 6.07 Å². The van der Waals surface area contributed by atoms with Gasteiger partial charge >= 0.3 is 12.0 Å². The molecule has 2 atom stereocenters. The molecule has 7 heteroatoms. The van der Waals surface area contributed by atoms with E-state index in [0.717, 1.165) is 16.9 Å². The van der Waals surface area contributed by atoms with Gasteiger partial charge in [-0.05, 0) is 18.1 Å². The number of carboxylic acid groups (broad SMARTS) is 1. The minimum Gasteiger partial charge on any atom is -0.479 e. The molecule has 0 saturated carbocycles. The third kappa shape index (κ3) is 1.31. The Kier molecular flexibility index (Phi) is 2.36. The van der Waals surface area contributed by atoms with E-state index in [1.54, 1.807) is 0 Å². The summed E-state index contributed by atoms with van der Waals surface area (Å²) >= 11 is 1.41. The molecule has 2 aliphatic heterocycles. The van der Waals surface area contributed by atoms with Crippen molar-refractivity contribution in [3.05, 3.63) is 21.4 Å². The second-order valence-electron chi connectivity index (χ2n) is 4.42. The highest BCUT2D eigenvalue weighted by Gasteiger charge is 2.51. The molecule has 2 aliphatic rings. The number of hydrogen-bond donors (Lipinski definition) is 2. The number of fused-ring (bicyclic) bond motifs is 4. The minimum atomic E-state index is -1.05. The van der Waals surface area contributed by atoms with Crippen molar-refractivity contribution in [2.45, 2.75) is 25.4 Å². The molecular formula is C11H12N2O4S. The second kappa shape index (κ2) is 3.69. The van der Waals surface area contributed by atoms with E-state index in [9.17, 15) is 19.9 Å².